The molecule has 0 spiro atoms. The molecule has 2 aliphatic heterocycles. The molecule has 2 saturated heterocycles. The summed E-state index contributed by atoms with van der Waals surface area (Å²) in [5.74, 6) is 0.837. The van der Waals surface area contributed by atoms with Crippen molar-refractivity contribution in [2.75, 3.05) is 46.4 Å². The number of aliphatic imine (C=N–C) groups is 1. The Bertz CT molecular complexity index is 825. The van der Waals surface area contributed by atoms with Crippen molar-refractivity contribution in [2.24, 2.45) is 4.99 Å². The van der Waals surface area contributed by atoms with Crippen LogP contribution in [0.4, 0.5) is 0 Å². The Morgan fingerprint density at radius 2 is 1.21 bits per heavy atom. The van der Waals surface area contributed by atoms with Crippen LogP contribution in [-0.4, -0.2) is 62.2 Å². The lowest BCUT2D eigenvalue weighted by atomic mass is 10.0. The molecule has 2 aliphatic rings. The Balaban J connectivity index is 0.00000324. The molecule has 0 aliphatic carbocycles. The Morgan fingerprint density at radius 3 is 1.71 bits per heavy atom. The quantitative estimate of drug-likeness (QED) is 0.283. The van der Waals surface area contributed by atoms with E-state index in [4.69, 9.17) is 4.74 Å². The summed E-state index contributed by atoms with van der Waals surface area (Å²) in [6, 6.07) is 17.5. The van der Waals surface area contributed by atoms with Gasteiger partial charge in [-0.25, -0.2) is 0 Å². The highest BCUT2D eigenvalue weighted by atomic mass is 127. The van der Waals surface area contributed by atoms with Crippen LogP contribution in [0.15, 0.2) is 53.5 Å². The van der Waals surface area contributed by atoms with Gasteiger partial charge in [0, 0.05) is 46.3 Å². The van der Waals surface area contributed by atoms with E-state index in [0.29, 0.717) is 0 Å². The van der Waals surface area contributed by atoms with Crippen molar-refractivity contribution >= 4 is 29.9 Å². The normalized spacial score (nSPS) is 17.7. The van der Waals surface area contributed by atoms with Gasteiger partial charge >= 0.3 is 0 Å². The molecule has 2 aromatic carbocycles. The molecular weight excluding hydrogens is 537 g/mol. The molecule has 0 atom stereocenters. The second-order valence-corrected chi connectivity index (χ2v) is 9.04. The monoisotopic (exact) mass is 577 g/mol. The van der Waals surface area contributed by atoms with Gasteiger partial charge in [-0.3, -0.25) is 14.8 Å². The second kappa shape index (κ2) is 14.7. The lowest BCUT2D eigenvalue weighted by Crippen LogP contribution is -2.38. The molecule has 186 valence electrons. The van der Waals surface area contributed by atoms with E-state index in [1.165, 1.54) is 54.6 Å². The van der Waals surface area contributed by atoms with Crippen LogP contribution in [0.3, 0.4) is 0 Å². The average molecular weight is 578 g/mol. The fourth-order valence-electron chi connectivity index (χ4n) is 4.71. The molecule has 0 unspecified atom stereocenters. The highest BCUT2D eigenvalue weighted by molar-refractivity contribution is 14.0. The van der Waals surface area contributed by atoms with Crippen molar-refractivity contribution < 1.29 is 4.74 Å². The number of morpholine rings is 1. The molecule has 34 heavy (non-hydrogen) atoms. The summed E-state index contributed by atoms with van der Waals surface area (Å²) in [5.41, 5.74) is 5.45. The van der Waals surface area contributed by atoms with Gasteiger partial charge in [0.1, 0.15) is 0 Å². The number of nitrogens with one attached hydrogen (secondary N) is 2. The minimum atomic E-state index is 0. The van der Waals surface area contributed by atoms with Crippen molar-refractivity contribution in [3.8, 4) is 0 Å². The van der Waals surface area contributed by atoms with Crippen LogP contribution >= 0.6 is 24.0 Å². The molecule has 0 radical (unpaired) electrons. The van der Waals surface area contributed by atoms with Gasteiger partial charge in [0.25, 0.3) is 0 Å². The third-order valence-corrected chi connectivity index (χ3v) is 6.69. The van der Waals surface area contributed by atoms with Crippen LogP contribution in [0.1, 0.15) is 41.5 Å². The van der Waals surface area contributed by atoms with Crippen LogP contribution < -0.4 is 10.6 Å². The largest absolute Gasteiger partial charge is 0.379 e. The summed E-state index contributed by atoms with van der Waals surface area (Å²) >= 11 is 0. The van der Waals surface area contributed by atoms with Gasteiger partial charge < -0.3 is 15.4 Å². The van der Waals surface area contributed by atoms with Gasteiger partial charge in [-0.1, -0.05) is 55.0 Å². The first-order valence-electron chi connectivity index (χ1n) is 12.4. The zero-order valence-electron chi connectivity index (χ0n) is 20.5. The summed E-state index contributed by atoms with van der Waals surface area (Å²) in [7, 11) is 1.84. The molecule has 0 amide bonds. The first-order valence-corrected chi connectivity index (χ1v) is 12.4. The van der Waals surface area contributed by atoms with Crippen LogP contribution in [0, 0.1) is 0 Å². The van der Waals surface area contributed by atoms with Gasteiger partial charge in [0.15, 0.2) is 5.96 Å². The van der Waals surface area contributed by atoms with Crippen molar-refractivity contribution in [2.45, 2.75) is 45.4 Å². The highest BCUT2D eigenvalue weighted by Gasteiger charge is 2.14. The molecule has 6 nitrogen and oxygen atoms in total. The Kier molecular flexibility index (Phi) is 11.6. The topological polar surface area (TPSA) is 52.1 Å². The molecule has 0 bridgehead atoms. The van der Waals surface area contributed by atoms with Gasteiger partial charge in [-0.2, -0.15) is 0 Å². The predicted molar refractivity (Wildman–Crippen MR) is 151 cm³/mol. The average Bonchev–Trinajstić information content (AvgIpc) is 2.87. The molecule has 2 fully saturated rings. The molecular formula is C27H40IN5O. The maximum absolute atomic E-state index is 5.49. The maximum atomic E-state index is 5.49. The second-order valence-electron chi connectivity index (χ2n) is 9.04. The zero-order valence-corrected chi connectivity index (χ0v) is 22.8. The number of piperidine rings is 1. The number of hydrogen-bond acceptors (Lipinski definition) is 4. The number of nitrogens with zero attached hydrogens (tertiary/aromatic N) is 3. The zero-order chi connectivity index (χ0) is 22.7. The standard InChI is InChI=1S/C27H39N5O.HI/c1-28-27(29-19-23-9-3-5-11-25(23)21-31-13-7-2-8-14-31)30-20-24-10-4-6-12-26(24)22-32-15-17-33-18-16-32;/h3-6,9-12H,2,7-8,13-22H2,1H3,(H2,28,29,30);1H. The summed E-state index contributed by atoms with van der Waals surface area (Å²) < 4.78 is 5.49. The number of ether oxygens (including phenoxy) is 1. The summed E-state index contributed by atoms with van der Waals surface area (Å²) in [6.07, 6.45) is 4.02. The minimum Gasteiger partial charge on any atom is -0.379 e. The van der Waals surface area contributed by atoms with E-state index < -0.39 is 0 Å². The van der Waals surface area contributed by atoms with E-state index in [2.05, 4.69) is 74.0 Å². The van der Waals surface area contributed by atoms with Gasteiger partial charge in [0.05, 0.1) is 13.2 Å². The highest BCUT2D eigenvalue weighted by Crippen LogP contribution is 2.16. The lowest BCUT2D eigenvalue weighted by Gasteiger charge is -2.27. The van der Waals surface area contributed by atoms with Gasteiger partial charge in [-0.15, -0.1) is 24.0 Å². The SMILES string of the molecule is CN=C(NCc1ccccc1CN1CCCCC1)NCc1ccccc1CN1CCOCC1.I. The molecule has 2 aromatic rings. The Labute approximate surface area is 222 Å². The number of likely N-dealkylation sites (tertiary alicyclic amines) is 1. The van der Waals surface area contributed by atoms with E-state index in [1.807, 2.05) is 7.05 Å². The molecule has 2 N–H and O–H groups in total. The number of rotatable bonds is 8. The molecule has 4 rings (SSSR count). The van der Waals surface area contributed by atoms with Crippen molar-refractivity contribution in [3.63, 3.8) is 0 Å². The maximum Gasteiger partial charge on any atom is 0.191 e. The fourth-order valence-corrected chi connectivity index (χ4v) is 4.71. The van der Waals surface area contributed by atoms with Crippen LogP contribution in [0.2, 0.25) is 0 Å². The first kappa shape index (κ1) is 26.9. The molecule has 0 aromatic heterocycles. The van der Waals surface area contributed by atoms with E-state index >= 15 is 0 Å². The molecule has 7 heteroatoms. The number of guanidine groups is 1. The van der Waals surface area contributed by atoms with Crippen LogP contribution in [-0.2, 0) is 30.9 Å². The van der Waals surface area contributed by atoms with E-state index in [9.17, 15) is 0 Å². The summed E-state index contributed by atoms with van der Waals surface area (Å²) in [5, 5.41) is 7.05. The number of halogens is 1. The fraction of sp³-hybridized carbons (Fsp3) is 0.519. The Hall–Kier alpha value is -1.68. The van der Waals surface area contributed by atoms with Crippen molar-refractivity contribution in [1.29, 1.82) is 0 Å². The van der Waals surface area contributed by atoms with Crippen LogP contribution in [0.5, 0.6) is 0 Å². The van der Waals surface area contributed by atoms with E-state index in [1.54, 1.807) is 0 Å². The van der Waals surface area contributed by atoms with Gasteiger partial charge in [-0.05, 0) is 48.2 Å². The van der Waals surface area contributed by atoms with E-state index in [-0.39, 0.29) is 24.0 Å². The minimum absolute atomic E-state index is 0. The summed E-state index contributed by atoms with van der Waals surface area (Å²) in [6.45, 7) is 9.64. The van der Waals surface area contributed by atoms with Crippen molar-refractivity contribution in [1.82, 2.24) is 20.4 Å². The first-order chi connectivity index (χ1) is 16.3. The van der Waals surface area contributed by atoms with Crippen LogP contribution in [0.25, 0.3) is 0 Å². The van der Waals surface area contributed by atoms with Crippen molar-refractivity contribution in [3.05, 3.63) is 70.8 Å². The third-order valence-electron chi connectivity index (χ3n) is 6.69. The summed E-state index contributed by atoms with van der Waals surface area (Å²) in [4.78, 5) is 9.52. The Morgan fingerprint density at radius 1 is 0.735 bits per heavy atom. The van der Waals surface area contributed by atoms with E-state index in [0.717, 1.165) is 58.4 Å². The molecule has 0 saturated carbocycles. The smallest absolute Gasteiger partial charge is 0.191 e. The number of benzene rings is 2. The molecule has 2 heterocycles. The lowest BCUT2D eigenvalue weighted by molar-refractivity contribution is 0.0341. The third kappa shape index (κ3) is 8.22. The van der Waals surface area contributed by atoms with Gasteiger partial charge in [0.2, 0.25) is 0 Å². The number of hydrogen-bond donors (Lipinski definition) is 2. The predicted octanol–water partition coefficient (Wildman–Crippen LogP) is 3.99.